The van der Waals surface area contributed by atoms with E-state index in [-0.39, 0.29) is 6.09 Å². The molecule has 8 heteroatoms. The molecule has 150 valence electrons. The number of nitrogens with one attached hydrogen (secondary N) is 1. The van der Waals surface area contributed by atoms with Gasteiger partial charge in [0.05, 0.1) is 18.8 Å². The number of carbonyl (C=O) groups is 1. The minimum Gasteiger partial charge on any atom is -0.449 e. The van der Waals surface area contributed by atoms with Gasteiger partial charge < -0.3 is 24.8 Å². The number of anilines is 1. The first kappa shape index (κ1) is 19.8. The zero-order chi connectivity index (χ0) is 19.2. The molecule has 0 spiro atoms. The second-order valence-electron chi connectivity index (χ2n) is 7.64. The smallest absolute Gasteiger partial charge is 0.410 e. The third-order valence-electron chi connectivity index (χ3n) is 5.03. The van der Waals surface area contributed by atoms with Crippen molar-refractivity contribution in [3.63, 3.8) is 0 Å². The number of rotatable bonds is 6. The van der Waals surface area contributed by atoms with Crippen LogP contribution < -0.4 is 10.2 Å². The van der Waals surface area contributed by atoms with Gasteiger partial charge in [-0.1, -0.05) is 13.3 Å². The normalized spacial score (nSPS) is 19.9. The Labute approximate surface area is 161 Å². The van der Waals surface area contributed by atoms with Crippen molar-refractivity contribution in [3.8, 4) is 0 Å². The molecule has 0 bridgehead atoms. The molecule has 3 heterocycles. The summed E-state index contributed by atoms with van der Waals surface area (Å²) < 4.78 is 5.33. The number of amides is 1. The predicted octanol–water partition coefficient (Wildman–Crippen LogP) is 1.11. The fourth-order valence-corrected chi connectivity index (χ4v) is 3.58. The van der Waals surface area contributed by atoms with Gasteiger partial charge in [0.2, 0.25) is 5.95 Å². The number of aromatic nitrogens is 2. The number of fused-ring (bicyclic) bond motifs is 1. The van der Waals surface area contributed by atoms with Crippen LogP contribution in [0.3, 0.4) is 0 Å². The Hall–Kier alpha value is -1.93. The van der Waals surface area contributed by atoms with Crippen LogP contribution in [0.5, 0.6) is 0 Å². The lowest BCUT2D eigenvalue weighted by Crippen LogP contribution is -2.54. The van der Waals surface area contributed by atoms with Crippen LogP contribution in [0.25, 0.3) is 0 Å². The van der Waals surface area contributed by atoms with Crippen LogP contribution >= 0.6 is 0 Å². The van der Waals surface area contributed by atoms with E-state index in [2.05, 4.69) is 41.1 Å². The van der Waals surface area contributed by atoms with E-state index in [4.69, 9.17) is 9.72 Å². The largest absolute Gasteiger partial charge is 0.449 e. The molecule has 0 aliphatic carbocycles. The van der Waals surface area contributed by atoms with Crippen LogP contribution in [0.15, 0.2) is 6.20 Å². The standard InChI is InChI=1S/C19H32N6O2/c1-4-5-10-27-19(26)25-8-6-17-15(12-25)11-21-18(22-17)24-9-7-20-16(14-24)13-23(2)3/h11,16,20H,4-10,12-14H2,1-3H3. The van der Waals surface area contributed by atoms with Gasteiger partial charge in [-0.25, -0.2) is 14.8 Å². The fraction of sp³-hybridized carbons (Fsp3) is 0.737. The zero-order valence-corrected chi connectivity index (χ0v) is 16.8. The molecule has 0 aromatic carbocycles. The highest BCUT2D eigenvalue weighted by molar-refractivity contribution is 5.68. The first-order chi connectivity index (χ1) is 13.1. The van der Waals surface area contributed by atoms with Crippen molar-refractivity contribution >= 4 is 12.0 Å². The highest BCUT2D eigenvalue weighted by Gasteiger charge is 2.26. The SMILES string of the molecule is CCCCOC(=O)N1CCc2nc(N3CCNC(CN(C)C)C3)ncc2C1. The Morgan fingerprint density at radius 3 is 3.04 bits per heavy atom. The minimum absolute atomic E-state index is 0.230. The lowest BCUT2D eigenvalue weighted by atomic mass is 10.1. The van der Waals surface area contributed by atoms with Gasteiger partial charge in [0.25, 0.3) is 0 Å². The van der Waals surface area contributed by atoms with Crippen LogP contribution in [0, 0.1) is 0 Å². The lowest BCUT2D eigenvalue weighted by Gasteiger charge is -2.35. The molecule has 1 aromatic rings. The Morgan fingerprint density at radius 1 is 1.41 bits per heavy atom. The van der Waals surface area contributed by atoms with Crippen molar-refractivity contribution in [2.75, 3.05) is 58.3 Å². The van der Waals surface area contributed by atoms with Crippen LogP contribution in [0.2, 0.25) is 0 Å². The molecule has 1 atom stereocenters. The van der Waals surface area contributed by atoms with E-state index in [1.807, 2.05) is 6.20 Å². The third-order valence-corrected chi connectivity index (χ3v) is 5.03. The minimum atomic E-state index is -0.230. The number of piperazine rings is 1. The molecular formula is C19H32N6O2. The number of carbonyl (C=O) groups excluding carboxylic acids is 1. The fourth-order valence-electron chi connectivity index (χ4n) is 3.58. The number of nitrogens with zero attached hydrogens (tertiary/aromatic N) is 5. The maximum Gasteiger partial charge on any atom is 0.410 e. The number of hydrogen-bond donors (Lipinski definition) is 1. The van der Waals surface area contributed by atoms with Gasteiger partial charge in [0.15, 0.2) is 0 Å². The highest BCUT2D eigenvalue weighted by Crippen LogP contribution is 2.20. The van der Waals surface area contributed by atoms with E-state index in [0.29, 0.717) is 25.7 Å². The van der Waals surface area contributed by atoms with E-state index in [9.17, 15) is 4.79 Å². The Kier molecular flexibility index (Phi) is 6.84. The van der Waals surface area contributed by atoms with Crippen molar-refractivity contribution in [2.45, 2.75) is 38.8 Å². The molecule has 1 aromatic heterocycles. The molecule has 1 amide bonds. The molecule has 2 aliphatic rings. The summed E-state index contributed by atoms with van der Waals surface area (Å²) in [6.45, 7) is 7.52. The monoisotopic (exact) mass is 376 g/mol. The molecule has 27 heavy (non-hydrogen) atoms. The first-order valence-corrected chi connectivity index (χ1v) is 9.96. The third kappa shape index (κ3) is 5.29. The van der Waals surface area contributed by atoms with Gasteiger partial charge in [0, 0.05) is 56.9 Å². The predicted molar refractivity (Wildman–Crippen MR) is 105 cm³/mol. The maximum atomic E-state index is 12.2. The number of ether oxygens (including phenoxy) is 1. The number of unbranched alkanes of at least 4 members (excludes halogenated alkanes) is 1. The summed E-state index contributed by atoms with van der Waals surface area (Å²) >= 11 is 0. The van der Waals surface area contributed by atoms with Gasteiger partial charge in [-0.15, -0.1) is 0 Å². The highest BCUT2D eigenvalue weighted by atomic mass is 16.6. The average molecular weight is 377 g/mol. The Bertz CT molecular complexity index is 639. The van der Waals surface area contributed by atoms with E-state index >= 15 is 0 Å². The topological polar surface area (TPSA) is 73.8 Å². The van der Waals surface area contributed by atoms with Crippen LogP contribution in [0.1, 0.15) is 31.0 Å². The van der Waals surface area contributed by atoms with Crippen LogP contribution in [-0.4, -0.2) is 85.3 Å². The molecule has 2 aliphatic heterocycles. The zero-order valence-electron chi connectivity index (χ0n) is 16.8. The van der Waals surface area contributed by atoms with Gasteiger partial charge in [-0.2, -0.15) is 0 Å². The number of likely N-dealkylation sites (N-methyl/N-ethyl adjacent to an activating group) is 1. The summed E-state index contributed by atoms with van der Waals surface area (Å²) in [6, 6.07) is 0.418. The van der Waals surface area contributed by atoms with E-state index in [1.165, 1.54) is 0 Å². The van der Waals surface area contributed by atoms with E-state index in [0.717, 1.165) is 62.6 Å². The Morgan fingerprint density at radius 2 is 2.26 bits per heavy atom. The second kappa shape index (κ2) is 9.32. The van der Waals surface area contributed by atoms with Gasteiger partial charge >= 0.3 is 6.09 Å². The first-order valence-electron chi connectivity index (χ1n) is 9.96. The van der Waals surface area contributed by atoms with Crippen molar-refractivity contribution in [3.05, 3.63) is 17.5 Å². The quantitative estimate of drug-likeness (QED) is 0.746. The summed E-state index contributed by atoms with van der Waals surface area (Å²) in [5, 5.41) is 3.55. The summed E-state index contributed by atoms with van der Waals surface area (Å²) in [5.74, 6) is 0.804. The summed E-state index contributed by atoms with van der Waals surface area (Å²) in [5.41, 5.74) is 2.08. The maximum absolute atomic E-state index is 12.2. The van der Waals surface area contributed by atoms with Crippen molar-refractivity contribution in [1.29, 1.82) is 0 Å². The summed E-state index contributed by atoms with van der Waals surface area (Å²) in [4.78, 5) is 27.8. The lowest BCUT2D eigenvalue weighted by molar-refractivity contribution is 0.0963. The van der Waals surface area contributed by atoms with Crippen molar-refractivity contribution in [1.82, 2.24) is 25.1 Å². The summed E-state index contributed by atoms with van der Waals surface area (Å²) in [6.07, 6.45) is 4.33. The average Bonchev–Trinajstić information content (AvgIpc) is 2.67. The molecule has 0 radical (unpaired) electrons. The summed E-state index contributed by atoms with van der Waals surface area (Å²) in [7, 11) is 4.18. The van der Waals surface area contributed by atoms with Gasteiger partial charge in [-0.3, -0.25) is 0 Å². The molecule has 1 N–H and O–H groups in total. The van der Waals surface area contributed by atoms with E-state index < -0.39 is 0 Å². The van der Waals surface area contributed by atoms with Gasteiger partial charge in [0.1, 0.15) is 0 Å². The molecular weight excluding hydrogens is 344 g/mol. The van der Waals surface area contributed by atoms with Crippen molar-refractivity contribution < 1.29 is 9.53 Å². The molecule has 3 rings (SSSR count). The van der Waals surface area contributed by atoms with Crippen molar-refractivity contribution in [2.24, 2.45) is 0 Å². The molecule has 8 nitrogen and oxygen atoms in total. The molecule has 1 fully saturated rings. The molecule has 1 saturated heterocycles. The Balaban J connectivity index is 1.60. The second-order valence-corrected chi connectivity index (χ2v) is 7.64. The molecule has 1 unspecified atom stereocenters. The van der Waals surface area contributed by atoms with Crippen LogP contribution in [-0.2, 0) is 17.7 Å². The van der Waals surface area contributed by atoms with Crippen LogP contribution in [0.4, 0.5) is 10.7 Å². The van der Waals surface area contributed by atoms with E-state index in [1.54, 1.807) is 4.90 Å². The van der Waals surface area contributed by atoms with Gasteiger partial charge in [-0.05, 0) is 20.5 Å². The molecule has 0 saturated carbocycles. The number of hydrogen-bond acceptors (Lipinski definition) is 7.